The van der Waals surface area contributed by atoms with Gasteiger partial charge in [-0.25, -0.2) is 0 Å². The molecule has 12 heteroatoms. The maximum Gasteiger partial charge on any atom is 0.254 e. The van der Waals surface area contributed by atoms with Crippen molar-refractivity contribution in [3.63, 3.8) is 0 Å². The summed E-state index contributed by atoms with van der Waals surface area (Å²) in [5, 5.41) is 9.03. The Hall–Kier alpha value is -0.370. The Balaban J connectivity index is 2.16. The molecule has 0 radical (unpaired) electrons. The van der Waals surface area contributed by atoms with Gasteiger partial charge in [-0.2, -0.15) is 0 Å². The summed E-state index contributed by atoms with van der Waals surface area (Å²) < 4.78 is -1.95. The summed E-state index contributed by atoms with van der Waals surface area (Å²) in [7, 11) is 0. The van der Waals surface area contributed by atoms with Gasteiger partial charge in [0.1, 0.15) is 6.17 Å². The van der Waals surface area contributed by atoms with Crippen molar-refractivity contribution in [2.24, 2.45) is 0 Å². The van der Waals surface area contributed by atoms with Crippen LogP contribution in [0.25, 0.3) is 0 Å². The van der Waals surface area contributed by atoms with E-state index in [2.05, 4.69) is 16.0 Å². The van der Waals surface area contributed by atoms with E-state index in [0.29, 0.717) is 10.7 Å². The Bertz CT molecular complexity index is 881. The smallest absolute Gasteiger partial charge is 0.254 e. The Morgan fingerprint density at radius 2 is 1.50 bits per heavy atom. The molecule has 0 aliphatic heterocycles. The minimum Gasteiger partial charge on any atom is -0.339 e. The molecule has 4 nitrogen and oxygen atoms in total. The van der Waals surface area contributed by atoms with Crippen LogP contribution in [-0.4, -0.2) is 21.0 Å². The molecule has 2 aromatic rings. The first-order valence-electron chi connectivity index (χ1n) is 7.33. The highest BCUT2D eigenvalue weighted by Crippen LogP contribution is 2.34. The van der Waals surface area contributed by atoms with Gasteiger partial charge in [-0.1, -0.05) is 93.3 Å². The SMILES string of the molecule is O=C(NC(NC(=S)Nc1c(Cl)cc(Cl)cc1Cl)C(Cl)(Cl)Cl)c1ccccc1Cl. The summed E-state index contributed by atoms with van der Waals surface area (Å²) in [6.07, 6.45) is -1.20. The van der Waals surface area contributed by atoms with Crippen molar-refractivity contribution in [3.8, 4) is 0 Å². The number of amides is 1. The van der Waals surface area contributed by atoms with E-state index >= 15 is 0 Å². The molecule has 28 heavy (non-hydrogen) atoms. The van der Waals surface area contributed by atoms with Crippen LogP contribution in [0, 0.1) is 0 Å². The summed E-state index contributed by atoms with van der Waals surface area (Å²) in [5.74, 6) is -0.570. The fourth-order valence-electron chi connectivity index (χ4n) is 2.00. The number of anilines is 1. The van der Waals surface area contributed by atoms with E-state index in [-0.39, 0.29) is 25.7 Å². The average Bonchev–Trinajstić information content (AvgIpc) is 2.57. The highest BCUT2D eigenvalue weighted by molar-refractivity contribution is 7.80. The third-order valence-corrected chi connectivity index (χ3v) is 5.26. The van der Waals surface area contributed by atoms with Crippen LogP contribution in [0.15, 0.2) is 36.4 Å². The van der Waals surface area contributed by atoms with Crippen LogP contribution in [0.3, 0.4) is 0 Å². The molecule has 2 rings (SSSR count). The first-order chi connectivity index (χ1) is 13.0. The van der Waals surface area contributed by atoms with Crippen molar-refractivity contribution >= 4 is 110 Å². The number of nitrogens with one attached hydrogen (secondary N) is 3. The molecule has 1 amide bonds. The number of alkyl halides is 3. The van der Waals surface area contributed by atoms with Crippen molar-refractivity contribution in [2.45, 2.75) is 9.96 Å². The second kappa shape index (κ2) is 10.1. The first-order valence-corrected chi connectivity index (χ1v) is 10.4. The normalized spacial score (nSPS) is 12.2. The zero-order valence-electron chi connectivity index (χ0n) is 13.5. The highest BCUT2D eigenvalue weighted by atomic mass is 35.6. The number of hydrogen-bond acceptors (Lipinski definition) is 2. The molecule has 0 spiro atoms. The number of carbonyl (C=O) groups is 1. The van der Waals surface area contributed by atoms with Crippen LogP contribution in [0.5, 0.6) is 0 Å². The molecular weight excluding hydrogens is 530 g/mol. The van der Waals surface area contributed by atoms with Crippen LogP contribution in [-0.2, 0) is 0 Å². The minimum absolute atomic E-state index is 0.0121. The van der Waals surface area contributed by atoms with E-state index in [9.17, 15) is 4.79 Å². The fourth-order valence-corrected chi connectivity index (χ4v) is 3.68. The van der Waals surface area contributed by atoms with Gasteiger partial charge in [-0.15, -0.1) is 0 Å². The lowest BCUT2D eigenvalue weighted by Crippen LogP contribution is -2.56. The monoisotopic (exact) mass is 537 g/mol. The molecule has 0 heterocycles. The molecule has 0 aliphatic carbocycles. The minimum atomic E-state index is -1.95. The van der Waals surface area contributed by atoms with Gasteiger partial charge in [-0.05, 0) is 36.5 Å². The molecular formula is C16H10Cl7N3OS. The van der Waals surface area contributed by atoms with Crippen molar-refractivity contribution in [1.29, 1.82) is 0 Å². The largest absolute Gasteiger partial charge is 0.339 e. The summed E-state index contributed by atoms with van der Waals surface area (Å²) >= 11 is 47.2. The van der Waals surface area contributed by atoms with Crippen molar-refractivity contribution in [3.05, 3.63) is 62.1 Å². The van der Waals surface area contributed by atoms with Crippen LogP contribution in [0.1, 0.15) is 10.4 Å². The van der Waals surface area contributed by atoms with Crippen LogP contribution >= 0.6 is 93.4 Å². The van der Waals surface area contributed by atoms with E-state index in [0.717, 1.165) is 0 Å². The van der Waals surface area contributed by atoms with E-state index in [1.807, 2.05) is 0 Å². The predicted molar refractivity (Wildman–Crippen MR) is 124 cm³/mol. The molecule has 0 saturated carbocycles. The maximum atomic E-state index is 12.5. The zero-order chi connectivity index (χ0) is 21.1. The molecule has 0 fully saturated rings. The third kappa shape index (κ3) is 6.57. The average molecular weight is 541 g/mol. The molecule has 0 aliphatic rings. The van der Waals surface area contributed by atoms with Gasteiger partial charge in [0.05, 0.1) is 26.3 Å². The highest BCUT2D eigenvalue weighted by Gasteiger charge is 2.35. The molecule has 1 unspecified atom stereocenters. The lowest BCUT2D eigenvalue weighted by molar-refractivity contribution is 0.0934. The molecule has 150 valence electrons. The standard InChI is InChI=1S/C16H10Cl7N3OS/c17-7-5-10(19)12(11(20)6-7)24-15(28)26-14(16(21,22)23)25-13(27)8-3-1-2-4-9(8)18/h1-6,14H,(H,25,27)(H2,24,26,28). The first kappa shape index (κ1) is 23.9. The van der Waals surface area contributed by atoms with Crippen LogP contribution in [0.4, 0.5) is 5.69 Å². The lowest BCUT2D eigenvalue weighted by Gasteiger charge is -2.28. The van der Waals surface area contributed by atoms with Crippen LogP contribution in [0.2, 0.25) is 20.1 Å². The third-order valence-electron chi connectivity index (χ3n) is 3.24. The van der Waals surface area contributed by atoms with Crippen LogP contribution < -0.4 is 16.0 Å². The molecule has 2 aromatic carbocycles. The number of halogens is 7. The predicted octanol–water partition coefficient (Wildman–Crippen LogP) is 6.71. The molecule has 1 atom stereocenters. The molecule has 0 bridgehead atoms. The maximum absolute atomic E-state index is 12.5. The number of rotatable bonds is 4. The van der Waals surface area contributed by atoms with E-state index in [1.165, 1.54) is 18.2 Å². The quantitative estimate of drug-likeness (QED) is 0.229. The molecule has 0 aromatic heterocycles. The number of hydrogen-bond donors (Lipinski definition) is 3. The van der Waals surface area contributed by atoms with Gasteiger partial charge in [0.25, 0.3) is 5.91 Å². The Morgan fingerprint density at radius 1 is 0.929 bits per heavy atom. The summed E-state index contributed by atoms with van der Waals surface area (Å²) in [5.41, 5.74) is 0.499. The number of carbonyl (C=O) groups excluding carboxylic acids is 1. The van der Waals surface area contributed by atoms with Gasteiger partial charge >= 0.3 is 0 Å². The Kier molecular flexibility index (Phi) is 8.62. The molecule has 3 N–H and O–H groups in total. The van der Waals surface area contributed by atoms with Gasteiger partial charge < -0.3 is 16.0 Å². The molecule has 0 saturated heterocycles. The van der Waals surface area contributed by atoms with Crippen molar-refractivity contribution in [1.82, 2.24) is 10.6 Å². The topological polar surface area (TPSA) is 53.2 Å². The zero-order valence-corrected chi connectivity index (χ0v) is 19.6. The van der Waals surface area contributed by atoms with Crippen molar-refractivity contribution in [2.75, 3.05) is 5.32 Å². The summed E-state index contributed by atoms with van der Waals surface area (Å²) in [6.45, 7) is 0. The number of thiocarbonyl (C=S) groups is 1. The second-order valence-electron chi connectivity index (χ2n) is 5.27. The lowest BCUT2D eigenvalue weighted by atomic mass is 10.2. The fraction of sp³-hybridized carbons (Fsp3) is 0.125. The van der Waals surface area contributed by atoms with E-state index < -0.39 is 15.9 Å². The summed E-state index contributed by atoms with van der Waals surface area (Å²) in [6, 6.07) is 9.37. The Labute approximate surface area is 201 Å². The van der Waals surface area contributed by atoms with E-state index in [4.69, 9.17) is 93.4 Å². The van der Waals surface area contributed by atoms with Gasteiger partial charge in [0.15, 0.2) is 5.11 Å². The van der Waals surface area contributed by atoms with Gasteiger partial charge in [0.2, 0.25) is 3.79 Å². The van der Waals surface area contributed by atoms with Crippen molar-refractivity contribution < 1.29 is 4.79 Å². The second-order valence-corrected chi connectivity index (χ2v) is 9.71. The van der Waals surface area contributed by atoms with Gasteiger partial charge in [-0.3, -0.25) is 4.79 Å². The van der Waals surface area contributed by atoms with Gasteiger partial charge in [0, 0.05) is 5.02 Å². The summed E-state index contributed by atoms with van der Waals surface area (Å²) in [4.78, 5) is 12.5. The number of benzene rings is 2. The Morgan fingerprint density at radius 3 is 2.04 bits per heavy atom. The van der Waals surface area contributed by atoms with E-state index in [1.54, 1.807) is 18.2 Å².